The normalized spacial score (nSPS) is 20.4. The number of benzene rings is 1. The molecule has 1 aromatic carbocycles. The second-order valence-corrected chi connectivity index (χ2v) is 6.34. The summed E-state index contributed by atoms with van der Waals surface area (Å²) in [4.78, 5) is 1.57. The third-order valence-corrected chi connectivity index (χ3v) is 4.87. The standard InChI is InChI=1S/C14H14Si/c1-14(2)9-5-8-12-13(14)10-6-3-4-7-11(10)15-12/h3-9,15H,1-2H3. The minimum absolute atomic E-state index is 0.212. The lowest BCUT2D eigenvalue weighted by Gasteiger charge is -2.26. The van der Waals surface area contributed by atoms with E-state index >= 15 is 0 Å². The van der Waals surface area contributed by atoms with Crippen molar-refractivity contribution in [1.82, 2.24) is 0 Å². The van der Waals surface area contributed by atoms with E-state index < -0.39 is 0 Å². The Balaban J connectivity index is 2.47. The Morgan fingerprint density at radius 1 is 1.13 bits per heavy atom. The zero-order valence-corrected chi connectivity index (χ0v) is 10.3. The summed E-state index contributed by atoms with van der Waals surface area (Å²) < 4.78 is 0. The fourth-order valence-electron chi connectivity index (χ4n) is 2.57. The van der Waals surface area contributed by atoms with Gasteiger partial charge in [0.1, 0.15) is 0 Å². The van der Waals surface area contributed by atoms with Crippen molar-refractivity contribution < 1.29 is 0 Å². The highest BCUT2D eigenvalue weighted by molar-refractivity contribution is 6.44. The quantitative estimate of drug-likeness (QED) is 0.575. The van der Waals surface area contributed by atoms with E-state index in [9.17, 15) is 0 Å². The number of hydrogen-bond donors (Lipinski definition) is 0. The molecule has 0 fully saturated rings. The van der Waals surface area contributed by atoms with Crippen LogP contribution in [0.25, 0.3) is 5.57 Å². The summed E-state index contributed by atoms with van der Waals surface area (Å²) in [7, 11) is 0.326. The van der Waals surface area contributed by atoms with Gasteiger partial charge in [-0.25, -0.2) is 0 Å². The van der Waals surface area contributed by atoms with Gasteiger partial charge in [-0.05, 0) is 20.8 Å². The molecule has 0 spiro atoms. The molecule has 0 radical (unpaired) electrons. The Kier molecular flexibility index (Phi) is 1.74. The fourth-order valence-corrected chi connectivity index (χ4v) is 4.39. The van der Waals surface area contributed by atoms with Crippen molar-refractivity contribution in [2.75, 3.05) is 0 Å². The summed E-state index contributed by atoms with van der Waals surface area (Å²) in [5, 5.41) is 3.08. The van der Waals surface area contributed by atoms with Gasteiger partial charge in [-0.1, -0.05) is 56.3 Å². The predicted octanol–water partition coefficient (Wildman–Crippen LogP) is 2.02. The maximum absolute atomic E-state index is 2.31. The molecule has 0 saturated heterocycles. The Bertz CT molecular complexity index is 600. The average Bonchev–Trinajstić information content (AvgIpc) is 2.56. The van der Waals surface area contributed by atoms with Crippen molar-refractivity contribution in [2.45, 2.75) is 13.8 Å². The molecule has 1 aliphatic carbocycles. The van der Waals surface area contributed by atoms with Crippen LogP contribution in [-0.2, 0) is 0 Å². The van der Waals surface area contributed by atoms with Crippen LogP contribution in [-0.4, -0.2) is 9.13 Å². The Morgan fingerprint density at radius 2 is 1.93 bits per heavy atom. The van der Waals surface area contributed by atoms with Crippen LogP contribution in [0.1, 0.15) is 13.8 Å². The first-order valence-electron chi connectivity index (χ1n) is 5.40. The Morgan fingerprint density at radius 3 is 2.80 bits per heavy atom. The van der Waals surface area contributed by atoms with Gasteiger partial charge in [-0.15, -0.1) is 0 Å². The van der Waals surface area contributed by atoms with Gasteiger partial charge in [0.25, 0.3) is 0 Å². The van der Waals surface area contributed by atoms with Gasteiger partial charge in [0.05, 0.1) is 0 Å². The molecule has 0 atom stereocenters. The third kappa shape index (κ3) is 1.23. The van der Waals surface area contributed by atoms with Crippen LogP contribution in [0.2, 0.25) is 0 Å². The van der Waals surface area contributed by atoms with E-state index in [0.717, 1.165) is 0 Å². The second kappa shape index (κ2) is 2.89. The fraction of sp³-hybridized carbons (Fsp3) is 0.214. The predicted molar refractivity (Wildman–Crippen MR) is 66.5 cm³/mol. The largest absolute Gasteiger partial charge is 0.0745 e. The molecule has 1 aliphatic heterocycles. The van der Waals surface area contributed by atoms with E-state index in [1.807, 2.05) is 0 Å². The smallest absolute Gasteiger partial charge is 0.0397 e. The molecule has 0 amide bonds. The maximum Gasteiger partial charge on any atom is 0.0397 e. The van der Waals surface area contributed by atoms with E-state index in [1.165, 1.54) is 5.22 Å². The molecule has 2 aliphatic rings. The highest BCUT2D eigenvalue weighted by Gasteiger charge is 2.27. The molecule has 0 bridgehead atoms. The Hall–Kier alpha value is -1.21. The number of hydrogen-bond acceptors (Lipinski definition) is 0. The average molecular weight is 210 g/mol. The zero-order valence-electron chi connectivity index (χ0n) is 9.12. The van der Waals surface area contributed by atoms with Crippen molar-refractivity contribution in [3.05, 3.63) is 57.7 Å². The van der Waals surface area contributed by atoms with Crippen molar-refractivity contribution >= 4 is 14.7 Å². The lowest BCUT2D eigenvalue weighted by atomic mass is 9.80. The monoisotopic (exact) mass is 210 g/mol. The summed E-state index contributed by atoms with van der Waals surface area (Å²) in [6, 6.07) is 8.87. The van der Waals surface area contributed by atoms with Gasteiger partial charge in [-0.3, -0.25) is 0 Å². The molecule has 1 heteroatoms. The van der Waals surface area contributed by atoms with Gasteiger partial charge in [0.2, 0.25) is 0 Å². The van der Waals surface area contributed by atoms with Crippen LogP contribution in [0.5, 0.6) is 0 Å². The second-order valence-electron chi connectivity index (χ2n) is 4.81. The lowest BCUT2D eigenvalue weighted by Crippen LogP contribution is -2.20. The number of rotatable bonds is 0. The van der Waals surface area contributed by atoms with E-state index in [1.54, 1.807) is 15.6 Å². The first kappa shape index (κ1) is 9.04. The summed E-state index contributed by atoms with van der Waals surface area (Å²) >= 11 is 0. The zero-order chi connectivity index (χ0) is 10.5. The van der Waals surface area contributed by atoms with Gasteiger partial charge in [0, 0.05) is 14.5 Å². The molecule has 0 unspecified atom stereocenters. The van der Waals surface area contributed by atoms with Crippen molar-refractivity contribution in [1.29, 1.82) is 0 Å². The molecular weight excluding hydrogens is 196 g/mol. The van der Waals surface area contributed by atoms with Gasteiger partial charge in [0.15, 0.2) is 0 Å². The van der Waals surface area contributed by atoms with Crippen molar-refractivity contribution in [2.24, 2.45) is 5.41 Å². The molecule has 0 aromatic heterocycles. The highest BCUT2D eigenvalue weighted by Crippen LogP contribution is 2.37. The van der Waals surface area contributed by atoms with Crippen molar-refractivity contribution in [3.63, 3.8) is 0 Å². The van der Waals surface area contributed by atoms with Crippen molar-refractivity contribution in [3.8, 4) is 0 Å². The van der Waals surface area contributed by atoms with E-state index in [4.69, 9.17) is 0 Å². The number of allylic oxidation sites excluding steroid dienone is 4. The van der Waals surface area contributed by atoms with E-state index in [0.29, 0.717) is 9.13 Å². The summed E-state index contributed by atoms with van der Waals surface area (Å²) in [6.07, 6.45) is 6.83. The molecule has 0 N–H and O–H groups in total. The molecule has 15 heavy (non-hydrogen) atoms. The molecule has 74 valence electrons. The maximum atomic E-state index is 2.31. The molecule has 1 heterocycles. The first-order chi connectivity index (χ1) is 7.18. The van der Waals surface area contributed by atoms with Crippen LogP contribution >= 0.6 is 0 Å². The summed E-state index contributed by atoms with van der Waals surface area (Å²) in [5.41, 5.74) is 1.78. The summed E-state index contributed by atoms with van der Waals surface area (Å²) in [5.74, 6) is 0. The molecule has 3 rings (SSSR count). The van der Waals surface area contributed by atoms with Crippen LogP contribution < -0.4 is 5.22 Å². The Labute approximate surface area is 92.1 Å². The van der Waals surface area contributed by atoms with Gasteiger partial charge < -0.3 is 0 Å². The van der Waals surface area contributed by atoms with Crippen LogP contribution in [0.4, 0.5) is 0 Å². The van der Waals surface area contributed by atoms with Gasteiger partial charge in [-0.2, -0.15) is 0 Å². The molecule has 0 nitrogen and oxygen atoms in total. The van der Waals surface area contributed by atoms with Crippen LogP contribution in [0, 0.1) is 10.2 Å². The lowest BCUT2D eigenvalue weighted by molar-refractivity contribution is 0.645. The SMILES string of the molecule is CC1(C)C=CC=C2[SiH]=c3ccccc3=C21. The molecular formula is C14H14Si. The van der Waals surface area contributed by atoms with Gasteiger partial charge >= 0.3 is 0 Å². The third-order valence-electron chi connectivity index (χ3n) is 3.26. The van der Waals surface area contributed by atoms with E-state index in [2.05, 4.69) is 56.3 Å². The van der Waals surface area contributed by atoms with E-state index in [-0.39, 0.29) is 5.41 Å². The molecule has 1 aromatic rings. The minimum Gasteiger partial charge on any atom is -0.0745 e. The van der Waals surface area contributed by atoms with Crippen LogP contribution in [0.3, 0.4) is 0 Å². The topological polar surface area (TPSA) is 0 Å². The molecule has 0 saturated carbocycles. The first-order valence-corrected chi connectivity index (χ1v) is 6.55. The highest BCUT2D eigenvalue weighted by atomic mass is 28.2. The minimum atomic E-state index is 0.212. The number of fused-ring (bicyclic) bond motifs is 2. The van der Waals surface area contributed by atoms with Crippen LogP contribution in [0.15, 0.2) is 47.7 Å². The summed E-state index contributed by atoms with van der Waals surface area (Å²) in [6.45, 7) is 4.63.